The van der Waals surface area contributed by atoms with Crippen molar-refractivity contribution in [2.75, 3.05) is 19.1 Å². The van der Waals surface area contributed by atoms with E-state index < -0.39 is 0 Å². The van der Waals surface area contributed by atoms with Crippen molar-refractivity contribution in [3.8, 4) is 11.1 Å². The van der Waals surface area contributed by atoms with Crippen molar-refractivity contribution in [3.05, 3.63) is 70.7 Å². The van der Waals surface area contributed by atoms with Gasteiger partial charge in [0.1, 0.15) is 0 Å². The number of nitrogens with zero attached hydrogens (tertiary/aromatic N) is 2. The van der Waals surface area contributed by atoms with Crippen LogP contribution in [0.25, 0.3) is 11.1 Å². The predicted octanol–water partition coefficient (Wildman–Crippen LogP) is 4.15. The summed E-state index contributed by atoms with van der Waals surface area (Å²) in [7, 11) is 1.36. The van der Waals surface area contributed by atoms with Crippen LogP contribution in [0.5, 0.6) is 0 Å². The highest BCUT2D eigenvalue weighted by atomic mass is 32.1. The zero-order valence-corrected chi connectivity index (χ0v) is 17.4. The molecule has 3 rings (SSSR count). The number of ether oxygens (including phenoxy) is 2. The van der Waals surface area contributed by atoms with E-state index in [9.17, 15) is 9.59 Å². The maximum absolute atomic E-state index is 11.8. The maximum atomic E-state index is 11.8. The lowest BCUT2D eigenvalue weighted by Crippen LogP contribution is -2.07. The lowest BCUT2D eigenvalue weighted by atomic mass is 10.0. The number of carbonyl (C=O) groups excluding carboxylic acids is 2. The summed E-state index contributed by atoms with van der Waals surface area (Å²) in [6, 6.07) is 15.0. The lowest BCUT2D eigenvalue weighted by Gasteiger charge is -2.05. The van der Waals surface area contributed by atoms with E-state index in [4.69, 9.17) is 9.47 Å². The van der Waals surface area contributed by atoms with Crippen LogP contribution in [0, 0.1) is 0 Å². The Morgan fingerprint density at radius 2 is 1.93 bits per heavy atom. The smallest absolute Gasteiger partial charge is 0.337 e. The van der Waals surface area contributed by atoms with Crippen LogP contribution >= 0.6 is 11.3 Å². The monoisotopic (exact) mass is 423 g/mol. The average Bonchev–Trinajstić information content (AvgIpc) is 3.20. The van der Waals surface area contributed by atoms with E-state index in [1.54, 1.807) is 30.7 Å². The summed E-state index contributed by atoms with van der Waals surface area (Å²) in [4.78, 5) is 27.6. The quantitative estimate of drug-likeness (QED) is 0.333. The Bertz CT molecular complexity index is 1060. The second-order valence-electron chi connectivity index (χ2n) is 6.19. The molecule has 154 valence electrons. The SMILES string of the molecule is CCOC(=O)Cc1csc(NN=Cc2cccc(-c3cccc(C(=O)OC)c3)c2)n1. The van der Waals surface area contributed by atoms with Crippen molar-refractivity contribution in [2.24, 2.45) is 5.10 Å². The van der Waals surface area contributed by atoms with Gasteiger partial charge in [-0.3, -0.25) is 10.2 Å². The Kier molecular flexibility index (Phi) is 7.29. The van der Waals surface area contributed by atoms with Gasteiger partial charge in [0.2, 0.25) is 5.13 Å². The number of hydrogen-bond acceptors (Lipinski definition) is 8. The summed E-state index contributed by atoms with van der Waals surface area (Å²) in [5.41, 5.74) is 6.76. The van der Waals surface area contributed by atoms with Crippen LogP contribution in [0.4, 0.5) is 5.13 Å². The molecule has 2 aromatic carbocycles. The van der Waals surface area contributed by atoms with Crippen LogP contribution in [0.2, 0.25) is 0 Å². The first-order chi connectivity index (χ1) is 14.6. The van der Waals surface area contributed by atoms with Crippen LogP contribution in [-0.2, 0) is 20.7 Å². The summed E-state index contributed by atoms with van der Waals surface area (Å²) in [5, 5.41) is 6.60. The van der Waals surface area contributed by atoms with E-state index in [-0.39, 0.29) is 18.4 Å². The molecule has 1 N–H and O–H groups in total. The van der Waals surface area contributed by atoms with Gasteiger partial charge in [0.25, 0.3) is 0 Å². The van der Waals surface area contributed by atoms with Crippen LogP contribution in [0.1, 0.15) is 28.5 Å². The molecule has 0 aliphatic heterocycles. The highest BCUT2D eigenvalue weighted by Gasteiger charge is 2.08. The summed E-state index contributed by atoms with van der Waals surface area (Å²) >= 11 is 1.36. The van der Waals surface area contributed by atoms with E-state index in [2.05, 4.69) is 15.5 Å². The molecule has 1 aromatic heterocycles. The van der Waals surface area contributed by atoms with E-state index in [1.807, 2.05) is 36.4 Å². The lowest BCUT2D eigenvalue weighted by molar-refractivity contribution is -0.142. The van der Waals surface area contributed by atoms with Gasteiger partial charge in [-0.05, 0) is 41.8 Å². The van der Waals surface area contributed by atoms with Gasteiger partial charge < -0.3 is 9.47 Å². The molecule has 0 saturated heterocycles. The number of nitrogens with one attached hydrogen (secondary N) is 1. The molecule has 30 heavy (non-hydrogen) atoms. The second-order valence-corrected chi connectivity index (χ2v) is 7.05. The zero-order valence-electron chi connectivity index (χ0n) is 16.6. The Morgan fingerprint density at radius 3 is 2.70 bits per heavy atom. The van der Waals surface area contributed by atoms with Gasteiger partial charge in [-0.25, -0.2) is 9.78 Å². The Morgan fingerprint density at radius 1 is 1.17 bits per heavy atom. The topological polar surface area (TPSA) is 89.9 Å². The fourth-order valence-electron chi connectivity index (χ4n) is 2.70. The molecule has 0 aliphatic carbocycles. The second kappa shape index (κ2) is 10.3. The van der Waals surface area contributed by atoms with E-state index in [1.165, 1.54) is 18.4 Å². The first-order valence-corrected chi connectivity index (χ1v) is 10.1. The van der Waals surface area contributed by atoms with Gasteiger partial charge in [0, 0.05) is 5.38 Å². The highest BCUT2D eigenvalue weighted by Crippen LogP contribution is 2.22. The first kappa shape index (κ1) is 21.2. The molecule has 8 heteroatoms. The third-order valence-electron chi connectivity index (χ3n) is 4.06. The molecule has 0 amide bonds. The number of aromatic nitrogens is 1. The third-order valence-corrected chi connectivity index (χ3v) is 4.86. The fourth-order valence-corrected chi connectivity index (χ4v) is 3.36. The van der Waals surface area contributed by atoms with Crippen LogP contribution in [-0.4, -0.2) is 36.9 Å². The van der Waals surface area contributed by atoms with Crippen molar-refractivity contribution in [1.29, 1.82) is 0 Å². The van der Waals surface area contributed by atoms with E-state index in [0.717, 1.165) is 16.7 Å². The minimum atomic E-state index is -0.371. The molecular formula is C22H21N3O4S. The summed E-state index contributed by atoms with van der Waals surface area (Å²) < 4.78 is 9.70. The molecule has 0 atom stereocenters. The molecule has 0 bridgehead atoms. The number of benzene rings is 2. The van der Waals surface area contributed by atoms with Crippen LogP contribution < -0.4 is 5.43 Å². The Hall–Kier alpha value is -3.52. The van der Waals surface area contributed by atoms with Gasteiger partial charge in [-0.15, -0.1) is 11.3 Å². The molecular weight excluding hydrogens is 402 g/mol. The van der Waals surface area contributed by atoms with Gasteiger partial charge in [0.15, 0.2) is 0 Å². The van der Waals surface area contributed by atoms with Gasteiger partial charge in [-0.2, -0.15) is 5.10 Å². The summed E-state index contributed by atoms with van der Waals surface area (Å²) in [6.07, 6.45) is 1.82. The predicted molar refractivity (Wildman–Crippen MR) is 117 cm³/mol. The Labute approximate surface area is 178 Å². The minimum absolute atomic E-state index is 0.141. The molecule has 7 nitrogen and oxygen atoms in total. The van der Waals surface area contributed by atoms with Crippen LogP contribution in [0.15, 0.2) is 59.0 Å². The Balaban J connectivity index is 1.66. The van der Waals surface area contributed by atoms with E-state index >= 15 is 0 Å². The largest absolute Gasteiger partial charge is 0.466 e. The number of hydrogen-bond donors (Lipinski definition) is 1. The zero-order chi connectivity index (χ0) is 21.3. The van der Waals surface area contributed by atoms with Crippen LogP contribution in [0.3, 0.4) is 0 Å². The summed E-state index contributed by atoms with van der Waals surface area (Å²) in [5.74, 6) is -0.671. The number of carbonyl (C=O) groups is 2. The molecule has 1 heterocycles. The normalized spacial score (nSPS) is 10.7. The molecule has 0 fully saturated rings. The minimum Gasteiger partial charge on any atom is -0.466 e. The number of hydrazone groups is 1. The molecule has 0 saturated carbocycles. The summed E-state index contributed by atoms with van der Waals surface area (Å²) in [6.45, 7) is 2.12. The molecule has 0 radical (unpaired) electrons. The van der Waals surface area contributed by atoms with Gasteiger partial charge in [0.05, 0.1) is 37.6 Å². The third kappa shape index (κ3) is 5.74. The van der Waals surface area contributed by atoms with E-state index in [0.29, 0.717) is 23.0 Å². The number of thiazole rings is 1. The van der Waals surface area contributed by atoms with Crippen molar-refractivity contribution in [3.63, 3.8) is 0 Å². The highest BCUT2D eigenvalue weighted by molar-refractivity contribution is 7.13. The standard InChI is InChI=1S/C22H21N3O4S/c1-3-29-20(26)12-19-14-30-22(24-19)25-23-13-15-6-4-7-16(10-15)17-8-5-9-18(11-17)21(27)28-2/h4-11,13-14H,3,12H2,1-2H3,(H,24,25). The maximum Gasteiger partial charge on any atom is 0.337 e. The van der Waals surface area contributed by atoms with Crippen molar-refractivity contribution < 1.29 is 19.1 Å². The molecule has 0 aliphatic rings. The molecule has 3 aromatic rings. The number of methoxy groups -OCH3 is 1. The number of esters is 2. The van der Waals surface area contributed by atoms with Crippen molar-refractivity contribution >= 4 is 34.6 Å². The number of rotatable bonds is 8. The van der Waals surface area contributed by atoms with Crippen molar-refractivity contribution in [1.82, 2.24) is 4.98 Å². The average molecular weight is 423 g/mol. The fraction of sp³-hybridized carbons (Fsp3) is 0.182. The number of anilines is 1. The molecule has 0 unspecified atom stereocenters. The first-order valence-electron chi connectivity index (χ1n) is 9.27. The van der Waals surface area contributed by atoms with Crippen molar-refractivity contribution in [2.45, 2.75) is 13.3 Å². The van der Waals surface area contributed by atoms with Gasteiger partial charge >= 0.3 is 11.9 Å². The molecule has 0 spiro atoms. The van der Waals surface area contributed by atoms with Gasteiger partial charge in [-0.1, -0.05) is 30.3 Å².